The lowest BCUT2D eigenvalue weighted by molar-refractivity contribution is 0.0602. The van der Waals surface area contributed by atoms with Gasteiger partial charge in [-0.2, -0.15) is 0 Å². The number of hydrogen-bond acceptors (Lipinski definition) is 4. The minimum Gasteiger partial charge on any atom is -0.465 e. The van der Waals surface area contributed by atoms with Gasteiger partial charge in [-0.05, 0) is 24.3 Å². The zero-order valence-corrected chi connectivity index (χ0v) is 9.68. The van der Waals surface area contributed by atoms with E-state index in [0.717, 1.165) is 6.20 Å². The van der Waals surface area contributed by atoms with Crippen LogP contribution in [0.3, 0.4) is 0 Å². The van der Waals surface area contributed by atoms with Crippen LogP contribution in [0, 0.1) is 5.82 Å². The van der Waals surface area contributed by atoms with E-state index in [9.17, 15) is 9.18 Å². The third kappa shape index (κ3) is 2.29. The quantitative estimate of drug-likeness (QED) is 0.652. The summed E-state index contributed by atoms with van der Waals surface area (Å²) in [6.45, 7) is 0. The number of carbonyl (C=O) groups excluding carboxylic acids is 1. The van der Waals surface area contributed by atoms with Gasteiger partial charge in [0.1, 0.15) is 5.82 Å². The molecule has 2 rings (SSSR count). The standard InChI is InChI=1S/C13H11FN2O2/c1-18-13(17)10-4-2-8(6-11(10)15)12-5-3-9(14)7-16-12/h2-7H,15H2,1H3. The molecule has 5 heteroatoms. The molecular formula is C13H11FN2O2. The predicted molar refractivity (Wildman–Crippen MR) is 65.4 cm³/mol. The number of halogens is 1. The van der Waals surface area contributed by atoms with Crippen LogP contribution in [-0.4, -0.2) is 18.1 Å². The third-order valence-corrected chi connectivity index (χ3v) is 2.48. The second-order valence-corrected chi connectivity index (χ2v) is 3.66. The van der Waals surface area contributed by atoms with Crippen LogP contribution in [0.2, 0.25) is 0 Å². The number of methoxy groups -OCH3 is 1. The fourth-order valence-corrected chi connectivity index (χ4v) is 1.56. The number of carbonyl (C=O) groups is 1. The molecule has 1 aromatic heterocycles. The second-order valence-electron chi connectivity index (χ2n) is 3.66. The van der Waals surface area contributed by atoms with Crippen molar-refractivity contribution in [2.75, 3.05) is 12.8 Å². The number of nitrogen functional groups attached to an aromatic ring is 1. The Hall–Kier alpha value is -2.43. The molecule has 0 bridgehead atoms. The molecule has 0 aliphatic carbocycles. The minimum absolute atomic E-state index is 0.295. The Morgan fingerprint density at radius 3 is 2.67 bits per heavy atom. The molecule has 92 valence electrons. The normalized spacial score (nSPS) is 10.1. The summed E-state index contributed by atoms with van der Waals surface area (Å²) in [6.07, 6.45) is 1.12. The highest BCUT2D eigenvalue weighted by atomic mass is 19.1. The molecule has 1 heterocycles. The van der Waals surface area contributed by atoms with E-state index < -0.39 is 11.8 Å². The number of nitrogens with two attached hydrogens (primary N) is 1. The Morgan fingerprint density at radius 1 is 1.33 bits per heavy atom. The van der Waals surface area contributed by atoms with E-state index in [2.05, 4.69) is 9.72 Å². The van der Waals surface area contributed by atoms with Gasteiger partial charge in [-0.25, -0.2) is 9.18 Å². The van der Waals surface area contributed by atoms with Gasteiger partial charge in [-0.3, -0.25) is 4.98 Å². The Morgan fingerprint density at radius 2 is 2.11 bits per heavy atom. The van der Waals surface area contributed by atoms with Crippen molar-refractivity contribution in [1.82, 2.24) is 4.98 Å². The predicted octanol–water partition coefficient (Wildman–Crippen LogP) is 2.26. The monoisotopic (exact) mass is 246 g/mol. The Kier molecular flexibility index (Phi) is 3.23. The summed E-state index contributed by atoms with van der Waals surface area (Å²) in [5.41, 5.74) is 7.65. The lowest BCUT2D eigenvalue weighted by Crippen LogP contribution is -2.05. The van der Waals surface area contributed by atoms with Crippen LogP contribution in [0.4, 0.5) is 10.1 Å². The maximum absolute atomic E-state index is 12.7. The van der Waals surface area contributed by atoms with E-state index in [1.54, 1.807) is 24.3 Å². The van der Waals surface area contributed by atoms with Crippen molar-refractivity contribution in [2.24, 2.45) is 0 Å². The van der Waals surface area contributed by atoms with Gasteiger partial charge in [-0.15, -0.1) is 0 Å². The summed E-state index contributed by atoms with van der Waals surface area (Å²) in [5, 5.41) is 0. The minimum atomic E-state index is -0.494. The number of hydrogen-bond donors (Lipinski definition) is 1. The van der Waals surface area contributed by atoms with Crippen molar-refractivity contribution >= 4 is 11.7 Å². The summed E-state index contributed by atoms with van der Waals surface area (Å²) in [4.78, 5) is 15.3. The molecule has 0 amide bonds. The van der Waals surface area contributed by atoms with E-state index in [1.807, 2.05) is 0 Å². The topological polar surface area (TPSA) is 65.2 Å². The zero-order chi connectivity index (χ0) is 13.1. The molecule has 0 radical (unpaired) electrons. The summed E-state index contributed by atoms with van der Waals surface area (Å²) in [6, 6.07) is 7.70. The maximum Gasteiger partial charge on any atom is 0.339 e. The van der Waals surface area contributed by atoms with Crippen molar-refractivity contribution in [3.05, 3.63) is 47.9 Å². The average molecular weight is 246 g/mol. The molecule has 0 unspecified atom stereocenters. The first-order valence-corrected chi connectivity index (χ1v) is 5.21. The number of benzene rings is 1. The third-order valence-electron chi connectivity index (χ3n) is 2.48. The van der Waals surface area contributed by atoms with Gasteiger partial charge in [0, 0.05) is 11.3 Å². The van der Waals surface area contributed by atoms with Crippen LogP contribution in [0.25, 0.3) is 11.3 Å². The first-order chi connectivity index (χ1) is 8.61. The molecule has 0 saturated heterocycles. The molecular weight excluding hydrogens is 235 g/mol. The van der Waals surface area contributed by atoms with Gasteiger partial charge in [0.05, 0.1) is 24.6 Å². The smallest absolute Gasteiger partial charge is 0.339 e. The molecule has 0 saturated carbocycles. The van der Waals surface area contributed by atoms with Crippen LogP contribution in [0.15, 0.2) is 36.5 Å². The lowest BCUT2D eigenvalue weighted by Gasteiger charge is -2.06. The molecule has 2 aromatic rings. The number of aromatic nitrogens is 1. The SMILES string of the molecule is COC(=O)c1ccc(-c2ccc(F)cn2)cc1N. The van der Waals surface area contributed by atoms with Crippen LogP contribution >= 0.6 is 0 Å². The van der Waals surface area contributed by atoms with E-state index in [0.29, 0.717) is 22.5 Å². The molecule has 18 heavy (non-hydrogen) atoms. The van der Waals surface area contributed by atoms with Gasteiger partial charge in [-0.1, -0.05) is 6.07 Å². The maximum atomic E-state index is 12.7. The largest absolute Gasteiger partial charge is 0.465 e. The zero-order valence-electron chi connectivity index (χ0n) is 9.68. The fourth-order valence-electron chi connectivity index (χ4n) is 1.56. The highest BCUT2D eigenvalue weighted by Gasteiger charge is 2.11. The molecule has 1 aromatic carbocycles. The van der Waals surface area contributed by atoms with Gasteiger partial charge in [0.25, 0.3) is 0 Å². The molecule has 0 spiro atoms. The highest BCUT2D eigenvalue weighted by Crippen LogP contribution is 2.23. The second kappa shape index (κ2) is 4.83. The number of anilines is 1. The van der Waals surface area contributed by atoms with E-state index in [-0.39, 0.29) is 0 Å². The molecule has 0 aliphatic heterocycles. The molecule has 2 N–H and O–H groups in total. The van der Waals surface area contributed by atoms with Crippen molar-refractivity contribution in [3.8, 4) is 11.3 Å². The number of nitrogens with zero attached hydrogens (tertiary/aromatic N) is 1. The van der Waals surface area contributed by atoms with Crippen LogP contribution in [-0.2, 0) is 4.74 Å². The number of pyridine rings is 1. The summed E-state index contributed by atoms with van der Waals surface area (Å²) >= 11 is 0. The molecule has 0 atom stereocenters. The number of esters is 1. The summed E-state index contributed by atoms with van der Waals surface area (Å²) in [5.74, 6) is -0.899. The van der Waals surface area contributed by atoms with Crippen molar-refractivity contribution in [1.29, 1.82) is 0 Å². The Labute approximate surface area is 103 Å². The van der Waals surface area contributed by atoms with Crippen LogP contribution in [0.5, 0.6) is 0 Å². The van der Waals surface area contributed by atoms with Crippen molar-refractivity contribution in [2.45, 2.75) is 0 Å². The highest BCUT2D eigenvalue weighted by molar-refractivity contribution is 5.95. The summed E-state index contributed by atoms with van der Waals surface area (Å²) in [7, 11) is 1.29. The Bertz CT molecular complexity index is 582. The number of ether oxygens (including phenoxy) is 1. The van der Waals surface area contributed by atoms with Crippen LogP contribution in [0.1, 0.15) is 10.4 Å². The van der Waals surface area contributed by atoms with E-state index >= 15 is 0 Å². The lowest BCUT2D eigenvalue weighted by atomic mass is 10.1. The van der Waals surface area contributed by atoms with Crippen LogP contribution < -0.4 is 5.73 Å². The molecule has 0 aliphatic rings. The summed E-state index contributed by atoms with van der Waals surface area (Å²) < 4.78 is 17.3. The van der Waals surface area contributed by atoms with E-state index in [1.165, 1.54) is 13.2 Å². The first kappa shape index (κ1) is 12.0. The fraction of sp³-hybridized carbons (Fsp3) is 0.0769. The Balaban J connectivity index is 2.40. The average Bonchev–Trinajstić information content (AvgIpc) is 2.38. The van der Waals surface area contributed by atoms with Gasteiger partial charge >= 0.3 is 5.97 Å². The van der Waals surface area contributed by atoms with Gasteiger partial charge in [0.15, 0.2) is 0 Å². The first-order valence-electron chi connectivity index (χ1n) is 5.21. The van der Waals surface area contributed by atoms with Crippen molar-refractivity contribution < 1.29 is 13.9 Å². The molecule has 0 fully saturated rings. The number of rotatable bonds is 2. The van der Waals surface area contributed by atoms with Gasteiger partial charge in [0.2, 0.25) is 0 Å². The van der Waals surface area contributed by atoms with Gasteiger partial charge < -0.3 is 10.5 Å². The van der Waals surface area contributed by atoms with Crippen molar-refractivity contribution in [3.63, 3.8) is 0 Å². The molecule has 4 nitrogen and oxygen atoms in total. The van der Waals surface area contributed by atoms with E-state index in [4.69, 9.17) is 5.73 Å².